The fraction of sp³-hybridized carbons (Fsp3) is 0.417. The van der Waals surface area contributed by atoms with Gasteiger partial charge in [-0.05, 0) is 25.5 Å². The molecule has 92 valence electrons. The van der Waals surface area contributed by atoms with Crippen molar-refractivity contribution in [2.45, 2.75) is 25.5 Å². The van der Waals surface area contributed by atoms with Crippen molar-refractivity contribution in [2.24, 2.45) is 0 Å². The maximum absolute atomic E-state index is 12.1. The highest BCUT2D eigenvalue weighted by Crippen LogP contribution is 2.22. The van der Waals surface area contributed by atoms with Crippen molar-refractivity contribution in [1.82, 2.24) is 5.32 Å². The summed E-state index contributed by atoms with van der Waals surface area (Å²) < 4.78 is 5.38. The molecular formula is C12H15ClN2O2. The highest BCUT2D eigenvalue weighted by atomic mass is 35.5. The van der Waals surface area contributed by atoms with Crippen LogP contribution in [0.25, 0.3) is 0 Å². The van der Waals surface area contributed by atoms with Gasteiger partial charge in [0.2, 0.25) is 0 Å². The van der Waals surface area contributed by atoms with Crippen LogP contribution in [0.15, 0.2) is 18.2 Å². The Morgan fingerprint density at radius 2 is 2.35 bits per heavy atom. The predicted molar refractivity (Wildman–Crippen MR) is 67.1 cm³/mol. The van der Waals surface area contributed by atoms with E-state index in [0.717, 1.165) is 6.42 Å². The molecule has 0 radical (unpaired) electrons. The van der Waals surface area contributed by atoms with Gasteiger partial charge in [0.05, 0.1) is 22.7 Å². The molecule has 4 nitrogen and oxygen atoms in total. The van der Waals surface area contributed by atoms with Gasteiger partial charge in [-0.3, -0.25) is 4.79 Å². The summed E-state index contributed by atoms with van der Waals surface area (Å²) in [5.41, 5.74) is 6.49. The largest absolute Gasteiger partial charge is 0.398 e. The first-order valence-electron chi connectivity index (χ1n) is 5.56. The predicted octanol–water partition coefficient (Wildman–Crippen LogP) is 1.83. The Balaban J connectivity index is 2.14. The Kier molecular flexibility index (Phi) is 3.54. The number of hydrogen-bond donors (Lipinski definition) is 2. The Labute approximate surface area is 105 Å². The molecule has 1 heterocycles. The second-order valence-corrected chi connectivity index (χ2v) is 4.56. The van der Waals surface area contributed by atoms with Crippen LogP contribution in [0, 0.1) is 0 Å². The molecule has 1 aromatic rings. The van der Waals surface area contributed by atoms with Crippen LogP contribution in [-0.4, -0.2) is 24.7 Å². The molecule has 3 N–H and O–H groups in total. The third kappa shape index (κ3) is 2.53. The number of amides is 1. The van der Waals surface area contributed by atoms with Crippen molar-refractivity contribution < 1.29 is 9.53 Å². The number of anilines is 1. The number of carbonyl (C=O) groups is 1. The minimum absolute atomic E-state index is 0.0261. The molecule has 1 saturated heterocycles. The van der Waals surface area contributed by atoms with E-state index in [2.05, 4.69) is 5.32 Å². The minimum atomic E-state index is -0.240. The van der Waals surface area contributed by atoms with E-state index in [0.29, 0.717) is 22.9 Å². The molecule has 1 fully saturated rings. The van der Waals surface area contributed by atoms with E-state index in [1.54, 1.807) is 18.2 Å². The number of nitrogen functional groups attached to an aromatic ring is 1. The van der Waals surface area contributed by atoms with Gasteiger partial charge in [-0.15, -0.1) is 0 Å². The van der Waals surface area contributed by atoms with E-state index in [9.17, 15) is 4.79 Å². The lowest BCUT2D eigenvalue weighted by Crippen LogP contribution is -2.39. The van der Waals surface area contributed by atoms with E-state index in [4.69, 9.17) is 22.1 Å². The van der Waals surface area contributed by atoms with Gasteiger partial charge < -0.3 is 15.8 Å². The Morgan fingerprint density at radius 1 is 1.59 bits per heavy atom. The highest BCUT2D eigenvalue weighted by molar-refractivity contribution is 6.34. The van der Waals surface area contributed by atoms with Crippen LogP contribution in [0.2, 0.25) is 5.02 Å². The summed E-state index contributed by atoms with van der Waals surface area (Å²) in [6, 6.07) is 5.06. The smallest absolute Gasteiger partial charge is 0.255 e. The van der Waals surface area contributed by atoms with Gasteiger partial charge >= 0.3 is 0 Å². The average molecular weight is 255 g/mol. The first kappa shape index (κ1) is 12.2. The second-order valence-electron chi connectivity index (χ2n) is 4.15. The van der Waals surface area contributed by atoms with Crippen molar-refractivity contribution in [2.75, 3.05) is 12.3 Å². The lowest BCUT2D eigenvalue weighted by atomic mass is 10.1. The zero-order valence-corrected chi connectivity index (χ0v) is 10.3. The van der Waals surface area contributed by atoms with E-state index in [1.165, 1.54) is 0 Å². The molecule has 0 aliphatic carbocycles. The molecule has 2 unspecified atom stereocenters. The molecule has 1 amide bonds. The summed E-state index contributed by atoms with van der Waals surface area (Å²) in [4.78, 5) is 12.1. The lowest BCUT2D eigenvalue weighted by molar-refractivity contribution is 0.0867. The molecule has 2 rings (SSSR count). The summed E-state index contributed by atoms with van der Waals surface area (Å²) in [5, 5.41) is 3.27. The first-order chi connectivity index (χ1) is 8.09. The van der Waals surface area contributed by atoms with Crippen LogP contribution >= 0.6 is 11.6 Å². The van der Waals surface area contributed by atoms with Crippen molar-refractivity contribution >= 4 is 23.2 Å². The van der Waals surface area contributed by atoms with Crippen molar-refractivity contribution in [3.63, 3.8) is 0 Å². The number of nitrogens with one attached hydrogen (secondary N) is 1. The molecule has 5 heteroatoms. The topological polar surface area (TPSA) is 64.3 Å². The van der Waals surface area contributed by atoms with Gasteiger partial charge in [-0.25, -0.2) is 0 Å². The second kappa shape index (κ2) is 4.94. The number of benzene rings is 1. The Bertz CT molecular complexity index is 416. The van der Waals surface area contributed by atoms with Gasteiger partial charge in [0, 0.05) is 12.3 Å². The first-order valence-corrected chi connectivity index (χ1v) is 5.94. The zero-order chi connectivity index (χ0) is 12.4. The average Bonchev–Trinajstić information content (AvgIpc) is 2.64. The molecule has 1 aliphatic rings. The zero-order valence-electron chi connectivity index (χ0n) is 9.57. The molecule has 0 aromatic heterocycles. The van der Waals surface area contributed by atoms with E-state index in [1.807, 2.05) is 6.92 Å². The van der Waals surface area contributed by atoms with Crippen molar-refractivity contribution in [3.05, 3.63) is 28.8 Å². The summed E-state index contributed by atoms with van der Waals surface area (Å²) >= 11 is 5.97. The van der Waals surface area contributed by atoms with Crippen LogP contribution in [0.4, 0.5) is 5.69 Å². The summed E-state index contributed by atoms with van der Waals surface area (Å²) in [6.07, 6.45) is 0.847. The maximum atomic E-state index is 12.1. The Hall–Kier alpha value is -1.26. The maximum Gasteiger partial charge on any atom is 0.255 e. The number of rotatable bonds is 2. The fourth-order valence-electron chi connectivity index (χ4n) is 1.94. The van der Waals surface area contributed by atoms with Crippen molar-refractivity contribution in [1.29, 1.82) is 0 Å². The normalized spacial score (nSPS) is 23.6. The molecular weight excluding hydrogens is 240 g/mol. The van der Waals surface area contributed by atoms with E-state index in [-0.39, 0.29) is 18.1 Å². The van der Waals surface area contributed by atoms with Crippen LogP contribution in [0.1, 0.15) is 23.7 Å². The van der Waals surface area contributed by atoms with Gasteiger partial charge in [-0.1, -0.05) is 17.7 Å². The van der Waals surface area contributed by atoms with Crippen LogP contribution in [0.3, 0.4) is 0 Å². The molecule has 1 aliphatic heterocycles. The van der Waals surface area contributed by atoms with Gasteiger partial charge in [0.1, 0.15) is 0 Å². The monoisotopic (exact) mass is 254 g/mol. The van der Waals surface area contributed by atoms with Gasteiger partial charge in [-0.2, -0.15) is 0 Å². The number of ether oxygens (including phenoxy) is 1. The number of hydrogen-bond acceptors (Lipinski definition) is 3. The third-order valence-electron chi connectivity index (χ3n) is 2.97. The van der Waals surface area contributed by atoms with Crippen molar-refractivity contribution in [3.8, 4) is 0 Å². The van der Waals surface area contributed by atoms with Gasteiger partial charge in [0.15, 0.2) is 0 Å². The number of halogens is 1. The fourth-order valence-corrected chi connectivity index (χ4v) is 2.21. The molecule has 0 spiro atoms. The molecule has 0 bridgehead atoms. The number of nitrogens with two attached hydrogens (primary N) is 1. The molecule has 2 atom stereocenters. The van der Waals surface area contributed by atoms with Crippen LogP contribution < -0.4 is 11.1 Å². The summed E-state index contributed by atoms with van der Waals surface area (Å²) in [7, 11) is 0. The molecule has 1 aromatic carbocycles. The van der Waals surface area contributed by atoms with Crippen LogP contribution in [-0.2, 0) is 4.74 Å². The highest BCUT2D eigenvalue weighted by Gasteiger charge is 2.27. The SMILES string of the molecule is CC1OCCC1NC(=O)c1c(N)cccc1Cl. The quantitative estimate of drug-likeness (QED) is 0.792. The third-order valence-corrected chi connectivity index (χ3v) is 3.28. The van der Waals surface area contributed by atoms with E-state index < -0.39 is 0 Å². The number of carbonyl (C=O) groups excluding carboxylic acids is 1. The van der Waals surface area contributed by atoms with Crippen LogP contribution in [0.5, 0.6) is 0 Å². The Morgan fingerprint density at radius 3 is 2.94 bits per heavy atom. The summed E-state index contributed by atoms with van der Waals surface area (Å²) in [6.45, 7) is 2.61. The standard InChI is InChI=1S/C12H15ClN2O2/c1-7-10(5-6-17-7)15-12(16)11-8(13)3-2-4-9(11)14/h2-4,7,10H,5-6,14H2,1H3,(H,15,16). The van der Waals surface area contributed by atoms with Gasteiger partial charge in [0.25, 0.3) is 5.91 Å². The van der Waals surface area contributed by atoms with E-state index >= 15 is 0 Å². The molecule has 17 heavy (non-hydrogen) atoms. The minimum Gasteiger partial charge on any atom is -0.398 e. The molecule has 0 saturated carbocycles. The summed E-state index contributed by atoms with van der Waals surface area (Å²) in [5.74, 6) is -0.240. The lowest BCUT2D eigenvalue weighted by Gasteiger charge is -2.17.